The van der Waals surface area contributed by atoms with Gasteiger partial charge in [-0.3, -0.25) is 9.59 Å². The van der Waals surface area contributed by atoms with Gasteiger partial charge in [0.2, 0.25) is 0 Å². The SMILES string of the molecule is CCOc1cc(C=O)cc(Cl)c1OCC(=O)Nc1ccccc1CC. The van der Waals surface area contributed by atoms with E-state index < -0.39 is 0 Å². The molecular weight excluding hydrogens is 342 g/mol. The third-order valence-corrected chi connectivity index (χ3v) is 3.77. The number of ether oxygens (including phenoxy) is 2. The molecule has 0 fully saturated rings. The van der Waals surface area contributed by atoms with E-state index in [2.05, 4.69) is 5.32 Å². The molecule has 0 heterocycles. The molecule has 0 saturated carbocycles. The van der Waals surface area contributed by atoms with Crippen molar-refractivity contribution < 1.29 is 19.1 Å². The van der Waals surface area contributed by atoms with Crippen LogP contribution in [-0.4, -0.2) is 25.4 Å². The number of hydrogen-bond donors (Lipinski definition) is 1. The number of rotatable bonds is 8. The van der Waals surface area contributed by atoms with Crippen molar-refractivity contribution in [1.29, 1.82) is 0 Å². The highest BCUT2D eigenvalue weighted by atomic mass is 35.5. The average Bonchev–Trinajstić information content (AvgIpc) is 2.61. The summed E-state index contributed by atoms with van der Waals surface area (Å²) in [4.78, 5) is 23.1. The lowest BCUT2D eigenvalue weighted by atomic mass is 10.1. The number of hydrogen-bond acceptors (Lipinski definition) is 4. The van der Waals surface area contributed by atoms with Crippen LogP contribution in [0.3, 0.4) is 0 Å². The Morgan fingerprint density at radius 1 is 1.20 bits per heavy atom. The summed E-state index contributed by atoms with van der Waals surface area (Å²) in [5.41, 5.74) is 2.17. The number of anilines is 1. The fourth-order valence-corrected chi connectivity index (χ4v) is 2.61. The van der Waals surface area contributed by atoms with Gasteiger partial charge in [-0.25, -0.2) is 0 Å². The minimum absolute atomic E-state index is 0.217. The molecule has 0 aliphatic heterocycles. The fourth-order valence-electron chi connectivity index (χ4n) is 2.33. The largest absolute Gasteiger partial charge is 0.490 e. The van der Waals surface area contributed by atoms with Crippen LogP contribution in [0.15, 0.2) is 36.4 Å². The smallest absolute Gasteiger partial charge is 0.262 e. The number of carbonyl (C=O) groups excluding carboxylic acids is 2. The molecule has 0 aliphatic carbocycles. The van der Waals surface area contributed by atoms with Crippen LogP contribution in [0.2, 0.25) is 5.02 Å². The monoisotopic (exact) mass is 361 g/mol. The van der Waals surface area contributed by atoms with Gasteiger partial charge >= 0.3 is 0 Å². The lowest BCUT2D eigenvalue weighted by Crippen LogP contribution is -2.21. The van der Waals surface area contributed by atoms with Crippen LogP contribution in [0.25, 0.3) is 0 Å². The first-order valence-electron chi connectivity index (χ1n) is 8.01. The van der Waals surface area contributed by atoms with Gasteiger partial charge in [0, 0.05) is 11.3 Å². The van der Waals surface area contributed by atoms with Crippen LogP contribution in [0.4, 0.5) is 5.69 Å². The highest BCUT2D eigenvalue weighted by molar-refractivity contribution is 6.32. The summed E-state index contributed by atoms with van der Waals surface area (Å²) in [5, 5.41) is 3.04. The summed E-state index contributed by atoms with van der Waals surface area (Å²) in [7, 11) is 0. The molecular formula is C19H20ClNO4. The zero-order valence-electron chi connectivity index (χ0n) is 14.2. The number of carbonyl (C=O) groups is 2. The van der Waals surface area contributed by atoms with Crippen molar-refractivity contribution >= 4 is 29.5 Å². The van der Waals surface area contributed by atoms with Gasteiger partial charge < -0.3 is 14.8 Å². The number of aldehydes is 1. The van der Waals surface area contributed by atoms with Crippen LogP contribution in [0.1, 0.15) is 29.8 Å². The first-order valence-corrected chi connectivity index (χ1v) is 8.38. The molecule has 0 aromatic heterocycles. The van der Waals surface area contributed by atoms with Crippen LogP contribution >= 0.6 is 11.6 Å². The molecule has 0 atom stereocenters. The first-order chi connectivity index (χ1) is 12.1. The van der Waals surface area contributed by atoms with E-state index in [4.69, 9.17) is 21.1 Å². The molecule has 132 valence electrons. The number of aryl methyl sites for hydroxylation is 1. The normalized spacial score (nSPS) is 10.2. The Kier molecular flexibility index (Phi) is 6.83. The number of nitrogens with one attached hydrogen (secondary N) is 1. The summed E-state index contributed by atoms with van der Waals surface area (Å²) >= 11 is 6.14. The van der Waals surface area contributed by atoms with E-state index in [1.807, 2.05) is 31.2 Å². The van der Waals surface area contributed by atoms with Gasteiger partial charge in [0.25, 0.3) is 5.91 Å². The molecule has 0 unspecified atom stereocenters. The second kappa shape index (κ2) is 9.08. The highest BCUT2D eigenvalue weighted by Gasteiger charge is 2.15. The lowest BCUT2D eigenvalue weighted by Gasteiger charge is -2.14. The van der Waals surface area contributed by atoms with Crippen molar-refractivity contribution in [1.82, 2.24) is 0 Å². The Bertz CT molecular complexity index is 761. The Balaban J connectivity index is 2.10. The first kappa shape index (κ1) is 18.8. The molecule has 0 saturated heterocycles. The van der Waals surface area contributed by atoms with Gasteiger partial charge in [-0.05, 0) is 37.1 Å². The topological polar surface area (TPSA) is 64.6 Å². The Morgan fingerprint density at radius 3 is 2.64 bits per heavy atom. The molecule has 6 heteroatoms. The maximum Gasteiger partial charge on any atom is 0.262 e. The third-order valence-electron chi connectivity index (χ3n) is 3.49. The van der Waals surface area contributed by atoms with Gasteiger partial charge in [0.05, 0.1) is 11.6 Å². The molecule has 1 amide bonds. The van der Waals surface area contributed by atoms with Crippen LogP contribution in [0, 0.1) is 0 Å². The van der Waals surface area contributed by atoms with Gasteiger partial charge in [-0.1, -0.05) is 36.7 Å². The summed E-state index contributed by atoms with van der Waals surface area (Å²) < 4.78 is 11.0. The van der Waals surface area contributed by atoms with E-state index >= 15 is 0 Å². The number of amides is 1. The van der Waals surface area contributed by atoms with Crippen molar-refractivity contribution in [3.05, 3.63) is 52.5 Å². The molecule has 5 nitrogen and oxygen atoms in total. The molecule has 0 bridgehead atoms. The quantitative estimate of drug-likeness (QED) is 0.718. The Morgan fingerprint density at radius 2 is 1.96 bits per heavy atom. The Labute approximate surface area is 151 Å². The zero-order valence-corrected chi connectivity index (χ0v) is 14.9. The summed E-state index contributed by atoms with van der Waals surface area (Å²) in [5.74, 6) is 0.269. The highest BCUT2D eigenvalue weighted by Crippen LogP contribution is 2.36. The van der Waals surface area contributed by atoms with Gasteiger partial charge in [0.15, 0.2) is 18.1 Å². The minimum Gasteiger partial charge on any atom is -0.490 e. The van der Waals surface area contributed by atoms with Crippen molar-refractivity contribution in [2.45, 2.75) is 20.3 Å². The molecule has 25 heavy (non-hydrogen) atoms. The standard InChI is InChI=1S/C19H20ClNO4/c1-3-14-7-5-6-8-16(14)21-18(23)12-25-19-15(20)9-13(11-22)10-17(19)24-4-2/h5-11H,3-4,12H2,1-2H3,(H,21,23). The predicted molar refractivity (Wildman–Crippen MR) is 98.0 cm³/mol. The van der Waals surface area contributed by atoms with Crippen molar-refractivity contribution in [2.24, 2.45) is 0 Å². The van der Waals surface area contributed by atoms with Crippen LogP contribution < -0.4 is 14.8 Å². The Hall–Kier alpha value is -2.53. The predicted octanol–water partition coefficient (Wildman–Crippen LogP) is 4.13. The molecule has 2 rings (SSSR count). The molecule has 2 aromatic carbocycles. The minimum atomic E-state index is -0.307. The van der Waals surface area contributed by atoms with E-state index in [1.54, 1.807) is 6.92 Å². The second-order valence-corrected chi connectivity index (χ2v) is 5.64. The average molecular weight is 362 g/mol. The van der Waals surface area contributed by atoms with E-state index in [0.717, 1.165) is 17.7 Å². The van der Waals surface area contributed by atoms with Gasteiger partial charge in [0.1, 0.15) is 6.29 Å². The number of halogens is 1. The van der Waals surface area contributed by atoms with E-state index in [1.165, 1.54) is 12.1 Å². The zero-order chi connectivity index (χ0) is 18.2. The maximum atomic E-state index is 12.2. The van der Waals surface area contributed by atoms with Crippen molar-refractivity contribution in [3.63, 3.8) is 0 Å². The van der Waals surface area contributed by atoms with Gasteiger partial charge in [-0.2, -0.15) is 0 Å². The van der Waals surface area contributed by atoms with E-state index in [9.17, 15) is 9.59 Å². The summed E-state index contributed by atoms with van der Waals surface area (Å²) in [6, 6.07) is 10.6. The van der Waals surface area contributed by atoms with E-state index in [-0.39, 0.29) is 23.3 Å². The lowest BCUT2D eigenvalue weighted by molar-refractivity contribution is -0.118. The van der Waals surface area contributed by atoms with Crippen molar-refractivity contribution in [3.8, 4) is 11.5 Å². The molecule has 0 aliphatic rings. The molecule has 0 radical (unpaired) electrons. The van der Waals surface area contributed by atoms with Crippen molar-refractivity contribution in [2.75, 3.05) is 18.5 Å². The third kappa shape index (κ3) is 4.97. The van der Waals surface area contributed by atoms with Crippen LogP contribution in [-0.2, 0) is 11.2 Å². The summed E-state index contributed by atoms with van der Waals surface area (Å²) in [6.07, 6.45) is 1.48. The second-order valence-electron chi connectivity index (χ2n) is 5.23. The molecule has 2 aromatic rings. The van der Waals surface area contributed by atoms with Gasteiger partial charge in [-0.15, -0.1) is 0 Å². The van der Waals surface area contributed by atoms with Crippen LogP contribution in [0.5, 0.6) is 11.5 Å². The van der Waals surface area contributed by atoms with E-state index in [0.29, 0.717) is 24.2 Å². The number of benzene rings is 2. The maximum absolute atomic E-state index is 12.2. The summed E-state index contributed by atoms with van der Waals surface area (Å²) in [6.45, 7) is 3.98. The number of para-hydroxylation sites is 1. The molecule has 1 N–H and O–H groups in total. The molecule has 0 spiro atoms. The fraction of sp³-hybridized carbons (Fsp3) is 0.263.